The van der Waals surface area contributed by atoms with Gasteiger partial charge in [0.05, 0.1) is 0 Å². The summed E-state index contributed by atoms with van der Waals surface area (Å²) in [5.74, 6) is 0. The molecule has 0 aliphatic carbocycles. The van der Waals surface area contributed by atoms with Gasteiger partial charge in [-0.3, -0.25) is 4.90 Å². The van der Waals surface area contributed by atoms with Gasteiger partial charge in [0.25, 0.3) is 0 Å². The molecule has 100 valence electrons. The van der Waals surface area contributed by atoms with Crippen molar-refractivity contribution in [2.45, 2.75) is 45.2 Å². The van der Waals surface area contributed by atoms with Gasteiger partial charge in [0.1, 0.15) is 0 Å². The summed E-state index contributed by atoms with van der Waals surface area (Å²) in [7, 11) is 0. The summed E-state index contributed by atoms with van der Waals surface area (Å²) < 4.78 is 0. The molecule has 2 rings (SSSR count). The molecule has 0 amide bonds. The SMILES string of the molecule is CCN1CC(CC)(CC)NCC1c1ccccc1. The van der Waals surface area contributed by atoms with Crippen molar-refractivity contribution < 1.29 is 0 Å². The quantitative estimate of drug-likeness (QED) is 0.877. The highest BCUT2D eigenvalue weighted by Gasteiger charge is 2.36. The average Bonchev–Trinajstić information content (AvgIpc) is 2.47. The van der Waals surface area contributed by atoms with Gasteiger partial charge in [-0.05, 0) is 24.9 Å². The molecular weight excluding hydrogens is 220 g/mol. The number of hydrogen-bond donors (Lipinski definition) is 1. The molecule has 1 aromatic carbocycles. The van der Waals surface area contributed by atoms with E-state index in [0.717, 1.165) is 19.6 Å². The summed E-state index contributed by atoms with van der Waals surface area (Å²) in [6.07, 6.45) is 2.42. The maximum atomic E-state index is 3.80. The van der Waals surface area contributed by atoms with E-state index in [0.29, 0.717) is 11.6 Å². The van der Waals surface area contributed by atoms with Gasteiger partial charge < -0.3 is 5.32 Å². The van der Waals surface area contributed by atoms with Crippen molar-refractivity contribution in [3.8, 4) is 0 Å². The van der Waals surface area contributed by atoms with E-state index < -0.39 is 0 Å². The minimum Gasteiger partial charge on any atom is -0.308 e. The Hall–Kier alpha value is -0.860. The van der Waals surface area contributed by atoms with E-state index in [9.17, 15) is 0 Å². The van der Waals surface area contributed by atoms with Gasteiger partial charge in [-0.2, -0.15) is 0 Å². The number of likely N-dealkylation sites (N-methyl/N-ethyl adjacent to an activating group) is 1. The highest BCUT2D eigenvalue weighted by molar-refractivity contribution is 5.21. The molecule has 1 heterocycles. The third-order valence-corrected chi connectivity index (χ3v) is 4.56. The van der Waals surface area contributed by atoms with Gasteiger partial charge in [-0.1, -0.05) is 51.1 Å². The Bertz CT molecular complexity index is 357. The van der Waals surface area contributed by atoms with Crippen LogP contribution in [0.2, 0.25) is 0 Å². The summed E-state index contributed by atoms with van der Waals surface area (Å²) in [5, 5.41) is 3.80. The predicted molar refractivity (Wildman–Crippen MR) is 77.7 cm³/mol. The molecule has 2 heteroatoms. The zero-order valence-corrected chi connectivity index (χ0v) is 11.9. The standard InChI is InChI=1S/C16H26N2/c1-4-16(5-2)13-18(6-3)15(12-17-16)14-10-8-7-9-11-14/h7-11,15,17H,4-6,12-13H2,1-3H3. The monoisotopic (exact) mass is 246 g/mol. The van der Waals surface area contributed by atoms with Crippen molar-refractivity contribution in [1.82, 2.24) is 10.2 Å². The molecule has 2 nitrogen and oxygen atoms in total. The van der Waals surface area contributed by atoms with Gasteiger partial charge in [0.15, 0.2) is 0 Å². The van der Waals surface area contributed by atoms with Gasteiger partial charge in [0.2, 0.25) is 0 Å². The lowest BCUT2D eigenvalue weighted by atomic mass is 9.87. The van der Waals surface area contributed by atoms with Crippen LogP contribution in [0.5, 0.6) is 0 Å². The number of hydrogen-bond acceptors (Lipinski definition) is 2. The Morgan fingerprint density at radius 2 is 1.83 bits per heavy atom. The van der Waals surface area contributed by atoms with Crippen molar-refractivity contribution >= 4 is 0 Å². The molecule has 1 fully saturated rings. The maximum Gasteiger partial charge on any atom is 0.0473 e. The zero-order valence-electron chi connectivity index (χ0n) is 11.9. The highest BCUT2D eigenvalue weighted by atomic mass is 15.2. The van der Waals surface area contributed by atoms with Gasteiger partial charge in [0, 0.05) is 24.7 Å². The Morgan fingerprint density at radius 3 is 2.39 bits per heavy atom. The Labute approximate surface area is 111 Å². The lowest BCUT2D eigenvalue weighted by molar-refractivity contribution is 0.0771. The van der Waals surface area contributed by atoms with Crippen molar-refractivity contribution in [3.63, 3.8) is 0 Å². The molecule has 18 heavy (non-hydrogen) atoms. The highest BCUT2D eigenvalue weighted by Crippen LogP contribution is 2.29. The fourth-order valence-corrected chi connectivity index (χ4v) is 3.06. The zero-order chi connectivity index (χ0) is 13.0. The summed E-state index contributed by atoms with van der Waals surface area (Å²) in [4.78, 5) is 2.62. The van der Waals surface area contributed by atoms with E-state index in [-0.39, 0.29) is 0 Å². The van der Waals surface area contributed by atoms with Crippen LogP contribution in [-0.2, 0) is 0 Å². The molecule has 0 radical (unpaired) electrons. The Balaban J connectivity index is 2.16. The first-order chi connectivity index (χ1) is 8.74. The van der Waals surface area contributed by atoms with Crippen LogP contribution >= 0.6 is 0 Å². The van der Waals surface area contributed by atoms with E-state index in [2.05, 4.69) is 61.3 Å². The molecule has 1 saturated heterocycles. The van der Waals surface area contributed by atoms with E-state index >= 15 is 0 Å². The lowest BCUT2D eigenvalue weighted by Crippen LogP contribution is -2.60. The minimum absolute atomic E-state index is 0.321. The molecule has 1 N–H and O–H groups in total. The van der Waals surface area contributed by atoms with E-state index in [4.69, 9.17) is 0 Å². The lowest BCUT2D eigenvalue weighted by Gasteiger charge is -2.47. The summed E-state index contributed by atoms with van der Waals surface area (Å²) in [6, 6.07) is 11.4. The topological polar surface area (TPSA) is 15.3 Å². The largest absolute Gasteiger partial charge is 0.308 e. The molecule has 0 spiro atoms. The molecule has 0 aromatic heterocycles. The van der Waals surface area contributed by atoms with E-state index in [1.54, 1.807) is 0 Å². The average molecular weight is 246 g/mol. The molecule has 1 aliphatic heterocycles. The van der Waals surface area contributed by atoms with Crippen LogP contribution in [0.3, 0.4) is 0 Å². The number of benzene rings is 1. The fourth-order valence-electron chi connectivity index (χ4n) is 3.06. The number of piperazine rings is 1. The molecule has 1 aliphatic rings. The van der Waals surface area contributed by atoms with Crippen molar-refractivity contribution in [1.29, 1.82) is 0 Å². The molecule has 1 aromatic rings. The molecular formula is C16H26N2. The number of rotatable bonds is 4. The summed E-state index contributed by atoms with van der Waals surface area (Å²) in [6.45, 7) is 10.2. The maximum absolute atomic E-state index is 3.80. The first kappa shape index (κ1) is 13.6. The second-order valence-corrected chi connectivity index (χ2v) is 5.36. The van der Waals surface area contributed by atoms with Crippen LogP contribution in [0.25, 0.3) is 0 Å². The normalized spacial score (nSPS) is 24.1. The summed E-state index contributed by atoms with van der Waals surface area (Å²) in [5.41, 5.74) is 1.76. The summed E-state index contributed by atoms with van der Waals surface area (Å²) >= 11 is 0. The smallest absolute Gasteiger partial charge is 0.0473 e. The van der Waals surface area contributed by atoms with Crippen LogP contribution in [0.4, 0.5) is 0 Å². The first-order valence-electron chi connectivity index (χ1n) is 7.28. The van der Waals surface area contributed by atoms with Crippen LogP contribution in [-0.4, -0.2) is 30.1 Å². The second-order valence-electron chi connectivity index (χ2n) is 5.36. The fraction of sp³-hybridized carbons (Fsp3) is 0.625. The van der Waals surface area contributed by atoms with Gasteiger partial charge in [-0.25, -0.2) is 0 Å². The van der Waals surface area contributed by atoms with Crippen LogP contribution < -0.4 is 5.32 Å². The van der Waals surface area contributed by atoms with Crippen LogP contribution in [0.15, 0.2) is 30.3 Å². The molecule has 0 bridgehead atoms. The molecule has 1 atom stereocenters. The number of nitrogens with one attached hydrogen (secondary N) is 1. The number of nitrogens with zero attached hydrogens (tertiary/aromatic N) is 1. The third-order valence-electron chi connectivity index (χ3n) is 4.56. The molecule has 0 saturated carbocycles. The van der Waals surface area contributed by atoms with Crippen LogP contribution in [0.1, 0.15) is 45.2 Å². The van der Waals surface area contributed by atoms with Crippen LogP contribution in [0, 0.1) is 0 Å². The predicted octanol–water partition coefficient (Wildman–Crippen LogP) is 3.21. The van der Waals surface area contributed by atoms with Crippen molar-refractivity contribution in [3.05, 3.63) is 35.9 Å². The molecule has 1 unspecified atom stereocenters. The van der Waals surface area contributed by atoms with Gasteiger partial charge in [-0.15, -0.1) is 0 Å². The van der Waals surface area contributed by atoms with E-state index in [1.807, 2.05) is 0 Å². The van der Waals surface area contributed by atoms with E-state index in [1.165, 1.54) is 18.4 Å². The Kier molecular flexibility index (Phi) is 4.41. The Morgan fingerprint density at radius 1 is 1.17 bits per heavy atom. The first-order valence-corrected chi connectivity index (χ1v) is 7.28. The third kappa shape index (κ3) is 2.60. The van der Waals surface area contributed by atoms with Crippen molar-refractivity contribution in [2.24, 2.45) is 0 Å². The second kappa shape index (κ2) is 5.85. The van der Waals surface area contributed by atoms with Gasteiger partial charge >= 0.3 is 0 Å². The van der Waals surface area contributed by atoms with Crippen molar-refractivity contribution in [2.75, 3.05) is 19.6 Å². The minimum atomic E-state index is 0.321.